The number of hydrogen-bond donors (Lipinski definition) is 0. The van der Waals surface area contributed by atoms with Gasteiger partial charge in [-0.05, 0) is 46.2 Å². The van der Waals surface area contributed by atoms with Crippen LogP contribution in [0.2, 0.25) is 0 Å². The molecule has 0 radical (unpaired) electrons. The quantitative estimate of drug-likeness (QED) is 0.757. The molecule has 0 aliphatic heterocycles. The lowest BCUT2D eigenvalue weighted by Crippen LogP contribution is -2.27. The highest BCUT2D eigenvalue weighted by molar-refractivity contribution is 5.34. The molecule has 0 atom stereocenters. The Hall–Kier alpha value is -1.44. The van der Waals surface area contributed by atoms with E-state index in [1.54, 1.807) is 12.1 Å². The summed E-state index contributed by atoms with van der Waals surface area (Å²) >= 11 is 0. The molecule has 104 valence electrons. The Bertz CT molecular complexity index is 438. The molecule has 0 unspecified atom stereocenters. The van der Waals surface area contributed by atoms with Crippen molar-refractivity contribution in [1.29, 1.82) is 5.26 Å². The van der Waals surface area contributed by atoms with Crippen molar-refractivity contribution in [1.82, 2.24) is 9.80 Å². The molecule has 19 heavy (non-hydrogen) atoms. The second-order valence-corrected chi connectivity index (χ2v) is 4.92. The molecule has 0 aromatic heterocycles. The molecule has 0 N–H and O–H groups in total. The summed E-state index contributed by atoms with van der Waals surface area (Å²) in [4.78, 5) is 4.34. The summed E-state index contributed by atoms with van der Waals surface area (Å²) in [6.07, 6.45) is 1.06. The number of nitriles is 1. The maximum atomic E-state index is 14.0. The van der Waals surface area contributed by atoms with Gasteiger partial charge in [0.05, 0.1) is 5.56 Å². The molecule has 1 aromatic carbocycles. The lowest BCUT2D eigenvalue weighted by atomic mass is 10.1. The van der Waals surface area contributed by atoms with Crippen LogP contribution in [0.4, 0.5) is 4.39 Å². The summed E-state index contributed by atoms with van der Waals surface area (Å²) < 4.78 is 14.0. The minimum Gasteiger partial charge on any atom is -0.309 e. The zero-order valence-electron chi connectivity index (χ0n) is 12.0. The minimum absolute atomic E-state index is 0.127. The highest BCUT2D eigenvalue weighted by atomic mass is 19.1. The zero-order chi connectivity index (χ0) is 14.3. The second kappa shape index (κ2) is 7.88. The molecule has 3 nitrogen and oxygen atoms in total. The number of benzene rings is 1. The van der Waals surface area contributed by atoms with Crippen molar-refractivity contribution >= 4 is 0 Å². The van der Waals surface area contributed by atoms with E-state index < -0.39 is 0 Å². The summed E-state index contributed by atoms with van der Waals surface area (Å²) in [5, 5.41) is 8.83. The summed E-state index contributed by atoms with van der Waals surface area (Å²) in [5.74, 6) is -0.379. The third kappa shape index (κ3) is 4.98. The van der Waals surface area contributed by atoms with Crippen molar-refractivity contribution in [3.05, 3.63) is 35.1 Å². The van der Waals surface area contributed by atoms with Gasteiger partial charge in [0, 0.05) is 12.1 Å². The molecule has 0 aliphatic carbocycles. The Morgan fingerprint density at radius 3 is 2.58 bits per heavy atom. The Morgan fingerprint density at radius 1 is 1.26 bits per heavy atom. The Labute approximate surface area is 115 Å². The van der Waals surface area contributed by atoms with Gasteiger partial charge in [-0.2, -0.15) is 5.26 Å². The van der Waals surface area contributed by atoms with Crippen molar-refractivity contribution < 1.29 is 4.39 Å². The van der Waals surface area contributed by atoms with Gasteiger partial charge in [0.25, 0.3) is 0 Å². The molecule has 0 bridgehead atoms. The molecule has 0 aliphatic rings. The maximum Gasteiger partial charge on any atom is 0.145 e. The van der Waals surface area contributed by atoms with Crippen LogP contribution in [0.5, 0.6) is 0 Å². The first-order valence-corrected chi connectivity index (χ1v) is 6.63. The smallest absolute Gasteiger partial charge is 0.145 e. The van der Waals surface area contributed by atoms with E-state index in [0.717, 1.165) is 26.1 Å². The monoisotopic (exact) mass is 263 g/mol. The molecular weight excluding hydrogens is 241 g/mol. The number of hydrogen-bond acceptors (Lipinski definition) is 3. The fraction of sp³-hybridized carbons (Fsp3) is 0.533. The van der Waals surface area contributed by atoms with Gasteiger partial charge < -0.3 is 4.90 Å². The van der Waals surface area contributed by atoms with Gasteiger partial charge in [0.2, 0.25) is 0 Å². The van der Waals surface area contributed by atoms with Crippen molar-refractivity contribution in [3.63, 3.8) is 0 Å². The highest BCUT2D eigenvalue weighted by Crippen LogP contribution is 2.14. The van der Waals surface area contributed by atoms with Gasteiger partial charge in [0.15, 0.2) is 0 Å². The van der Waals surface area contributed by atoms with Crippen LogP contribution in [0, 0.1) is 17.1 Å². The van der Waals surface area contributed by atoms with Gasteiger partial charge in [0.1, 0.15) is 11.9 Å². The Kier molecular flexibility index (Phi) is 6.48. The van der Waals surface area contributed by atoms with Crippen LogP contribution < -0.4 is 0 Å². The molecule has 0 spiro atoms. The van der Waals surface area contributed by atoms with E-state index >= 15 is 0 Å². The lowest BCUT2D eigenvalue weighted by Gasteiger charge is -2.21. The summed E-state index contributed by atoms with van der Waals surface area (Å²) in [7, 11) is 4.10. The van der Waals surface area contributed by atoms with Crippen LogP contribution in [0.1, 0.15) is 24.5 Å². The Balaban J connectivity index is 2.63. The molecule has 0 heterocycles. The van der Waals surface area contributed by atoms with Crippen molar-refractivity contribution in [2.24, 2.45) is 0 Å². The number of nitrogens with zero attached hydrogens (tertiary/aromatic N) is 3. The topological polar surface area (TPSA) is 30.3 Å². The van der Waals surface area contributed by atoms with Crippen LogP contribution in [-0.2, 0) is 6.54 Å². The number of rotatable bonds is 7. The van der Waals surface area contributed by atoms with E-state index in [2.05, 4.69) is 16.7 Å². The van der Waals surface area contributed by atoms with E-state index in [0.29, 0.717) is 12.1 Å². The third-order valence-corrected chi connectivity index (χ3v) is 3.12. The van der Waals surface area contributed by atoms with Crippen LogP contribution in [-0.4, -0.2) is 43.5 Å². The van der Waals surface area contributed by atoms with Crippen LogP contribution in [0.15, 0.2) is 18.2 Å². The fourth-order valence-electron chi connectivity index (χ4n) is 1.99. The van der Waals surface area contributed by atoms with Crippen LogP contribution in [0.25, 0.3) is 0 Å². The predicted octanol–water partition coefficient (Wildman–Crippen LogP) is 2.47. The van der Waals surface area contributed by atoms with Gasteiger partial charge in [-0.15, -0.1) is 0 Å². The molecule has 1 rings (SSSR count). The van der Waals surface area contributed by atoms with Crippen molar-refractivity contribution in [2.75, 3.05) is 33.7 Å². The summed E-state index contributed by atoms with van der Waals surface area (Å²) in [6, 6.07) is 6.90. The van der Waals surface area contributed by atoms with Crippen LogP contribution in [0.3, 0.4) is 0 Å². The first kappa shape index (κ1) is 15.6. The molecule has 0 fully saturated rings. The second-order valence-electron chi connectivity index (χ2n) is 4.92. The van der Waals surface area contributed by atoms with Gasteiger partial charge in [-0.25, -0.2) is 4.39 Å². The molecule has 4 heteroatoms. The maximum absolute atomic E-state index is 14.0. The van der Waals surface area contributed by atoms with Gasteiger partial charge in [-0.3, -0.25) is 4.90 Å². The molecule has 0 saturated heterocycles. The van der Waals surface area contributed by atoms with Crippen molar-refractivity contribution in [3.8, 4) is 6.07 Å². The first-order chi connectivity index (χ1) is 9.08. The third-order valence-electron chi connectivity index (χ3n) is 3.12. The standard InChI is InChI=1S/C15H22FN3/c1-4-19(10-6-9-18(2)3)12-14-8-5-7-13(11-17)15(14)16/h5,7-8H,4,6,9-10,12H2,1-3H3. The van der Waals surface area contributed by atoms with Crippen molar-refractivity contribution in [2.45, 2.75) is 19.9 Å². The molecule has 0 saturated carbocycles. The SMILES string of the molecule is CCN(CCCN(C)C)Cc1cccc(C#N)c1F. The molecular formula is C15H22FN3. The number of halogens is 1. The lowest BCUT2D eigenvalue weighted by molar-refractivity contribution is 0.256. The minimum atomic E-state index is -0.379. The van der Waals surface area contributed by atoms with E-state index in [1.807, 2.05) is 20.2 Å². The average molecular weight is 263 g/mol. The first-order valence-electron chi connectivity index (χ1n) is 6.63. The Morgan fingerprint density at radius 2 is 2.00 bits per heavy atom. The van der Waals surface area contributed by atoms with Gasteiger partial charge in [-0.1, -0.05) is 19.1 Å². The summed E-state index contributed by atoms with van der Waals surface area (Å²) in [5.41, 5.74) is 0.729. The zero-order valence-corrected chi connectivity index (χ0v) is 12.0. The van der Waals surface area contributed by atoms with Crippen LogP contribution >= 0.6 is 0 Å². The summed E-state index contributed by atoms with van der Waals surface area (Å²) in [6.45, 7) is 5.47. The highest BCUT2D eigenvalue weighted by Gasteiger charge is 2.11. The van der Waals surface area contributed by atoms with E-state index in [-0.39, 0.29) is 11.4 Å². The normalized spacial score (nSPS) is 11.0. The predicted molar refractivity (Wildman–Crippen MR) is 75.2 cm³/mol. The molecule has 1 aromatic rings. The average Bonchev–Trinajstić information content (AvgIpc) is 2.39. The fourth-order valence-corrected chi connectivity index (χ4v) is 1.99. The van der Waals surface area contributed by atoms with E-state index in [4.69, 9.17) is 5.26 Å². The van der Waals surface area contributed by atoms with Gasteiger partial charge >= 0.3 is 0 Å². The van der Waals surface area contributed by atoms with E-state index in [1.165, 1.54) is 6.07 Å². The largest absolute Gasteiger partial charge is 0.309 e. The van der Waals surface area contributed by atoms with E-state index in [9.17, 15) is 4.39 Å². The molecule has 0 amide bonds.